The molecule has 0 amide bonds. The highest BCUT2D eigenvalue weighted by Gasteiger charge is 2.12. The van der Waals surface area contributed by atoms with Gasteiger partial charge in [0.1, 0.15) is 0 Å². The van der Waals surface area contributed by atoms with Crippen LogP contribution >= 0.6 is 23.8 Å². The first-order valence-electron chi connectivity index (χ1n) is 8.00. The Balaban J connectivity index is 1.54. The average Bonchev–Trinajstić information content (AvgIpc) is 2.50. The monoisotopic (exact) mass is 324 g/mol. The van der Waals surface area contributed by atoms with Gasteiger partial charge in [-0.1, -0.05) is 55.8 Å². The Morgan fingerprint density at radius 3 is 2.43 bits per heavy atom. The van der Waals surface area contributed by atoms with Gasteiger partial charge in [-0.3, -0.25) is 0 Å². The summed E-state index contributed by atoms with van der Waals surface area (Å²) in [6, 6.07) is 7.97. The fourth-order valence-electron chi connectivity index (χ4n) is 2.90. The van der Waals surface area contributed by atoms with Crippen LogP contribution in [0.2, 0.25) is 5.02 Å². The number of rotatable bonds is 6. The molecule has 1 saturated carbocycles. The average molecular weight is 325 g/mol. The van der Waals surface area contributed by atoms with Crippen molar-refractivity contribution < 1.29 is 0 Å². The summed E-state index contributed by atoms with van der Waals surface area (Å²) in [5, 5.41) is 8.16. The summed E-state index contributed by atoms with van der Waals surface area (Å²) in [5.41, 5.74) is 1.27. The second-order valence-corrected chi connectivity index (χ2v) is 6.70. The van der Waals surface area contributed by atoms with Crippen molar-refractivity contribution in [2.24, 2.45) is 5.92 Å². The molecule has 2 nitrogen and oxygen atoms in total. The number of nitrogens with one attached hydrogen (secondary N) is 2. The van der Waals surface area contributed by atoms with Crippen molar-refractivity contribution in [2.45, 2.75) is 44.9 Å². The van der Waals surface area contributed by atoms with Crippen molar-refractivity contribution in [3.63, 3.8) is 0 Å². The van der Waals surface area contributed by atoms with E-state index in [9.17, 15) is 0 Å². The first kappa shape index (κ1) is 16.6. The summed E-state index contributed by atoms with van der Waals surface area (Å²) < 4.78 is 0. The van der Waals surface area contributed by atoms with Crippen molar-refractivity contribution >= 4 is 28.9 Å². The predicted octanol–water partition coefficient (Wildman–Crippen LogP) is 4.32. The molecule has 0 atom stereocenters. The van der Waals surface area contributed by atoms with Crippen molar-refractivity contribution in [3.8, 4) is 0 Å². The first-order chi connectivity index (χ1) is 10.2. The Hall–Kier alpha value is -0.800. The maximum absolute atomic E-state index is 5.87. The van der Waals surface area contributed by atoms with Crippen LogP contribution in [0.5, 0.6) is 0 Å². The van der Waals surface area contributed by atoms with Gasteiger partial charge in [0.2, 0.25) is 0 Å². The van der Waals surface area contributed by atoms with Crippen molar-refractivity contribution in [1.82, 2.24) is 10.6 Å². The van der Waals surface area contributed by atoms with E-state index in [-0.39, 0.29) is 0 Å². The molecular weight excluding hydrogens is 300 g/mol. The summed E-state index contributed by atoms with van der Waals surface area (Å²) in [6.45, 7) is 1.86. The highest BCUT2D eigenvalue weighted by atomic mass is 35.5. The van der Waals surface area contributed by atoms with E-state index in [0.717, 1.165) is 35.6 Å². The van der Waals surface area contributed by atoms with Crippen LogP contribution < -0.4 is 10.6 Å². The van der Waals surface area contributed by atoms with E-state index in [0.29, 0.717) is 0 Å². The molecule has 0 aromatic heterocycles. The minimum absolute atomic E-state index is 0.778. The Bertz CT molecular complexity index is 427. The Labute approximate surface area is 138 Å². The van der Waals surface area contributed by atoms with Gasteiger partial charge < -0.3 is 10.6 Å². The summed E-state index contributed by atoms with van der Waals surface area (Å²) in [4.78, 5) is 0. The van der Waals surface area contributed by atoms with Crippen LogP contribution in [0.4, 0.5) is 0 Å². The molecule has 1 aromatic carbocycles. The number of hydrogen-bond acceptors (Lipinski definition) is 1. The molecule has 0 bridgehead atoms. The zero-order chi connectivity index (χ0) is 14.9. The quantitative estimate of drug-likeness (QED) is 0.762. The second kappa shape index (κ2) is 9.26. The summed E-state index contributed by atoms with van der Waals surface area (Å²) in [5.74, 6) is 0.906. The second-order valence-electron chi connectivity index (χ2n) is 5.85. The molecule has 0 saturated heterocycles. The van der Waals surface area contributed by atoms with Crippen molar-refractivity contribution in [3.05, 3.63) is 34.9 Å². The standard InChI is InChI=1S/C17H25ClN2S/c18-16-8-6-15(7-9-16)11-13-20-17(21)19-12-10-14-4-2-1-3-5-14/h6-9,14H,1-5,10-13H2,(H2,19,20,21). The fraction of sp³-hybridized carbons (Fsp3) is 0.588. The lowest BCUT2D eigenvalue weighted by Crippen LogP contribution is -2.37. The first-order valence-corrected chi connectivity index (χ1v) is 8.79. The lowest BCUT2D eigenvalue weighted by Gasteiger charge is -2.21. The highest BCUT2D eigenvalue weighted by molar-refractivity contribution is 7.80. The molecule has 1 aliphatic carbocycles. The fourth-order valence-corrected chi connectivity index (χ4v) is 3.23. The van der Waals surface area contributed by atoms with Gasteiger partial charge in [-0.05, 0) is 48.7 Å². The SMILES string of the molecule is S=C(NCCc1ccc(Cl)cc1)NCCC1CCCCC1. The molecule has 0 heterocycles. The summed E-state index contributed by atoms with van der Waals surface area (Å²) in [6.07, 6.45) is 9.26. The highest BCUT2D eigenvalue weighted by Crippen LogP contribution is 2.25. The summed E-state index contributed by atoms with van der Waals surface area (Å²) >= 11 is 11.2. The number of thiocarbonyl (C=S) groups is 1. The van der Waals surface area contributed by atoms with E-state index in [1.807, 2.05) is 12.1 Å². The number of halogens is 1. The number of hydrogen-bond donors (Lipinski definition) is 2. The Morgan fingerprint density at radius 2 is 1.71 bits per heavy atom. The van der Waals surface area contributed by atoms with Gasteiger partial charge in [0, 0.05) is 18.1 Å². The smallest absolute Gasteiger partial charge is 0.166 e. The van der Waals surface area contributed by atoms with Gasteiger partial charge in [0.25, 0.3) is 0 Å². The van der Waals surface area contributed by atoms with Crippen LogP contribution in [-0.4, -0.2) is 18.2 Å². The topological polar surface area (TPSA) is 24.1 Å². The van der Waals surface area contributed by atoms with Gasteiger partial charge in [-0.25, -0.2) is 0 Å². The zero-order valence-corrected chi connectivity index (χ0v) is 14.1. The number of benzene rings is 1. The molecule has 2 N–H and O–H groups in total. The van der Waals surface area contributed by atoms with Crippen LogP contribution in [-0.2, 0) is 6.42 Å². The van der Waals surface area contributed by atoms with Crippen molar-refractivity contribution in [2.75, 3.05) is 13.1 Å². The lowest BCUT2D eigenvalue weighted by molar-refractivity contribution is 0.339. The van der Waals surface area contributed by atoms with Gasteiger partial charge in [0.15, 0.2) is 5.11 Å². The molecule has 1 aromatic rings. The third-order valence-electron chi connectivity index (χ3n) is 4.18. The van der Waals surface area contributed by atoms with Crippen molar-refractivity contribution in [1.29, 1.82) is 0 Å². The largest absolute Gasteiger partial charge is 0.363 e. The maximum Gasteiger partial charge on any atom is 0.166 e. The zero-order valence-electron chi connectivity index (χ0n) is 12.5. The van der Waals surface area contributed by atoms with Crippen LogP contribution in [0.1, 0.15) is 44.1 Å². The molecule has 0 radical (unpaired) electrons. The van der Waals surface area contributed by atoms with Crippen LogP contribution in [0.15, 0.2) is 24.3 Å². The Kier molecular flexibility index (Phi) is 7.31. The molecule has 0 spiro atoms. The van der Waals surface area contributed by atoms with Crippen LogP contribution in [0.25, 0.3) is 0 Å². The van der Waals surface area contributed by atoms with E-state index < -0.39 is 0 Å². The molecule has 4 heteroatoms. The molecule has 1 aliphatic rings. The molecule has 2 rings (SSSR count). The van der Waals surface area contributed by atoms with E-state index in [2.05, 4.69) is 22.8 Å². The predicted molar refractivity (Wildman–Crippen MR) is 95.0 cm³/mol. The van der Waals surface area contributed by atoms with E-state index in [1.165, 1.54) is 44.1 Å². The van der Waals surface area contributed by atoms with Gasteiger partial charge >= 0.3 is 0 Å². The van der Waals surface area contributed by atoms with Gasteiger partial charge in [0.05, 0.1) is 0 Å². The molecule has 1 fully saturated rings. The third kappa shape index (κ3) is 6.66. The minimum Gasteiger partial charge on any atom is -0.363 e. The summed E-state index contributed by atoms with van der Waals surface area (Å²) in [7, 11) is 0. The third-order valence-corrected chi connectivity index (χ3v) is 4.72. The van der Waals surface area contributed by atoms with Gasteiger partial charge in [-0.15, -0.1) is 0 Å². The van der Waals surface area contributed by atoms with Crippen LogP contribution in [0.3, 0.4) is 0 Å². The normalized spacial score (nSPS) is 15.7. The Morgan fingerprint density at radius 1 is 1.05 bits per heavy atom. The van der Waals surface area contributed by atoms with E-state index >= 15 is 0 Å². The molecule has 0 aliphatic heterocycles. The minimum atomic E-state index is 0.778. The molecular formula is C17H25ClN2S. The molecule has 116 valence electrons. The lowest BCUT2D eigenvalue weighted by atomic mass is 9.87. The molecule has 21 heavy (non-hydrogen) atoms. The van der Waals surface area contributed by atoms with Crippen LogP contribution in [0, 0.1) is 5.92 Å². The molecule has 0 unspecified atom stereocenters. The van der Waals surface area contributed by atoms with Gasteiger partial charge in [-0.2, -0.15) is 0 Å². The maximum atomic E-state index is 5.87. The van der Waals surface area contributed by atoms with E-state index in [1.54, 1.807) is 0 Å². The van der Waals surface area contributed by atoms with E-state index in [4.69, 9.17) is 23.8 Å².